The molecule has 144 valence electrons. The van der Waals surface area contributed by atoms with Gasteiger partial charge in [-0.2, -0.15) is 13.9 Å². The second-order valence-corrected chi connectivity index (χ2v) is 8.52. The normalized spacial score (nSPS) is 25.1. The van der Waals surface area contributed by atoms with Gasteiger partial charge in [-0.3, -0.25) is 9.89 Å². The van der Waals surface area contributed by atoms with Crippen LogP contribution in [0.2, 0.25) is 0 Å². The number of alkyl halides is 2. The number of hydrogen-bond acceptors (Lipinski definition) is 6. The lowest BCUT2D eigenvalue weighted by molar-refractivity contribution is -0.171. The van der Waals surface area contributed by atoms with E-state index in [9.17, 15) is 18.7 Å². The van der Waals surface area contributed by atoms with Crippen LogP contribution in [0.1, 0.15) is 35.4 Å². The zero-order valence-electron chi connectivity index (χ0n) is 14.3. The van der Waals surface area contributed by atoms with Crippen LogP contribution in [0.3, 0.4) is 0 Å². The summed E-state index contributed by atoms with van der Waals surface area (Å²) in [6.07, 6.45) is 2.38. The number of aromatic amines is 1. The molecule has 2 aromatic heterocycles. The van der Waals surface area contributed by atoms with Gasteiger partial charge in [0.1, 0.15) is 17.1 Å². The van der Waals surface area contributed by atoms with Gasteiger partial charge in [-0.05, 0) is 25.7 Å². The molecule has 4 heterocycles. The fourth-order valence-electron chi connectivity index (χ4n) is 4.07. The van der Waals surface area contributed by atoms with Gasteiger partial charge in [0.25, 0.3) is 5.91 Å². The van der Waals surface area contributed by atoms with Crippen LogP contribution in [0, 0.1) is 0 Å². The van der Waals surface area contributed by atoms with Crippen LogP contribution in [0.15, 0.2) is 12.4 Å². The van der Waals surface area contributed by atoms with Gasteiger partial charge in [-0.15, -0.1) is 11.3 Å². The average molecular weight is 396 g/mol. The van der Waals surface area contributed by atoms with Gasteiger partial charge in [0, 0.05) is 24.3 Å². The number of nitrogens with zero attached hydrogens (tertiary/aromatic N) is 2. The van der Waals surface area contributed by atoms with Gasteiger partial charge in [0.15, 0.2) is 5.75 Å². The van der Waals surface area contributed by atoms with Gasteiger partial charge < -0.3 is 20.1 Å². The molecule has 0 radical (unpaired) electrons. The van der Waals surface area contributed by atoms with E-state index in [1.165, 1.54) is 11.1 Å². The number of nitrogens with one attached hydrogen (secondary N) is 2. The minimum Gasteiger partial charge on any atom is -0.427 e. The maximum absolute atomic E-state index is 14.3. The fraction of sp³-hybridized carbons (Fsp3) is 0.529. The largest absolute Gasteiger partial charge is 0.427 e. The first-order valence-electron chi connectivity index (χ1n) is 8.85. The lowest BCUT2D eigenvalue weighted by atomic mass is 9.76. The number of amides is 1. The number of thiophene rings is 1. The minimum absolute atomic E-state index is 0.0193. The van der Waals surface area contributed by atoms with E-state index in [-0.39, 0.29) is 18.2 Å². The van der Waals surface area contributed by atoms with E-state index in [1.54, 1.807) is 6.20 Å². The molecule has 0 aromatic carbocycles. The Morgan fingerprint density at radius 3 is 2.89 bits per heavy atom. The zero-order valence-corrected chi connectivity index (χ0v) is 15.1. The smallest absolute Gasteiger partial charge is 0.416 e. The Morgan fingerprint density at radius 2 is 2.22 bits per heavy atom. The molecule has 0 saturated heterocycles. The monoisotopic (exact) mass is 396 g/mol. The van der Waals surface area contributed by atoms with E-state index in [2.05, 4.69) is 15.5 Å². The van der Waals surface area contributed by atoms with Crippen molar-refractivity contribution in [3.05, 3.63) is 17.3 Å². The molecule has 10 heteroatoms. The summed E-state index contributed by atoms with van der Waals surface area (Å²) in [5, 5.41) is 19.9. The summed E-state index contributed by atoms with van der Waals surface area (Å²) in [6.45, 7) is -0.424. The molecule has 0 unspecified atom stereocenters. The highest BCUT2D eigenvalue weighted by molar-refractivity contribution is 7.18. The average Bonchev–Trinajstić information content (AvgIpc) is 3.16. The van der Waals surface area contributed by atoms with Crippen LogP contribution in [0.4, 0.5) is 14.5 Å². The van der Waals surface area contributed by atoms with Crippen molar-refractivity contribution in [2.24, 2.45) is 0 Å². The summed E-state index contributed by atoms with van der Waals surface area (Å²) in [4.78, 5) is 15.1. The van der Waals surface area contributed by atoms with Crippen molar-refractivity contribution in [2.45, 2.75) is 43.4 Å². The van der Waals surface area contributed by atoms with E-state index >= 15 is 0 Å². The highest BCUT2D eigenvalue weighted by atomic mass is 32.1. The van der Waals surface area contributed by atoms with Crippen molar-refractivity contribution in [1.82, 2.24) is 15.5 Å². The molecule has 2 aliphatic heterocycles. The molecule has 2 aromatic rings. The first-order chi connectivity index (χ1) is 12.8. The highest BCUT2D eigenvalue weighted by Crippen LogP contribution is 2.53. The highest BCUT2D eigenvalue weighted by Gasteiger charge is 2.48. The summed E-state index contributed by atoms with van der Waals surface area (Å²) in [7, 11) is 0. The number of H-pyrrole nitrogens is 1. The van der Waals surface area contributed by atoms with Crippen LogP contribution in [0.5, 0.6) is 5.75 Å². The van der Waals surface area contributed by atoms with Crippen molar-refractivity contribution in [2.75, 3.05) is 18.0 Å². The summed E-state index contributed by atoms with van der Waals surface area (Å²) in [6, 6.07) is -0.401. The third kappa shape index (κ3) is 2.78. The number of ether oxygens (including phenoxy) is 1. The molecule has 27 heavy (non-hydrogen) atoms. The van der Waals surface area contributed by atoms with Crippen LogP contribution >= 0.6 is 11.3 Å². The lowest BCUT2D eigenvalue weighted by Crippen LogP contribution is -2.52. The molecule has 3 aliphatic rings. The Balaban J connectivity index is 1.56. The number of hydrogen-bond donors (Lipinski definition) is 3. The molecular formula is C17H18F2N4O3S. The van der Waals surface area contributed by atoms with E-state index in [4.69, 9.17) is 4.74 Å². The number of carbonyl (C=O) groups excluding carboxylic acids is 1. The molecule has 3 N–H and O–H groups in total. The number of anilines is 1. The molecular weight excluding hydrogens is 378 g/mol. The first-order valence-corrected chi connectivity index (χ1v) is 9.66. The maximum atomic E-state index is 14.3. The summed E-state index contributed by atoms with van der Waals surface area (Å²) >= 11 is 1.12. The molecule has 1 aliphatic carbocycles. The van der Waals surface area contributed by atoms with Crippen molar-refractivity contribution in [3.63, 3.8) is 0 Å². The second kappa shape index (κ2) is 5.65. The minimum atomic E-state index is -3.37. The molecule has 1 fully saturated rings. The molecule has 7 nitrogen and oxygen atoms in total. The Bertz CT molecular complexity index is 894. The van der Waals surface area contributed by atoms with Gasteiger partial charge >= 0.3 is 6.11 Å². The summed E-state index contributed by atoms with van der Waals surface area (Å²) < 4.78 is 33.6. The Labute approximate surface area is 157 Å². The van der Waals surface area contributed by atoms with Crippen LogP contribution in [0.25, 0.3) is 10.4 Å². The number of halogens is 2. The Hall–Kier alpha value is -2.20. The van der Waals surface area contributed by atoms with E-state index in [1.807, 2.05) is 0 Å². The molecule has 1 amide bonds. The Morgan fingerprint density at radius 1 is 1.41 bits per heavy atom. The van der Waals surface area contributed by atoms with Gasteiger partial charge in [0.2, 0.25) is 0 Å². The summed E-state index contributed by atoms with van der Waals surface area (Å²) in [5.41, 5.74) is 0.187. The van der Waals surface area contributed by atoms with Crippen molar-refractivity contribution in [3.8, 4) is 16.2 Å². The van der Waals surface area contributed by atoms with Crippen molar-refractivity contribution >= 4 is 22.9 Å². The number of rotatable bonds is 3. The van der Waals surface area contributed by atoms with E-state index in [0.717, 1.165) is 17.8 Å². The van der Waals surface area contributed by atoms with E-state index < -0.39 is 24.3 Å². The van der Waals surface area contributed by atoms with Gasteiger partial charge in [-0.1, -0.05) is 0 Å². The van der Waals surface area contributed by atoms with Crippen molar-refractivity contribution < 1.29 is 23.4 Å². The van der Waals surface area contributed by atoms with Crippen LogP contribution in [-0.2, 0) is 0 Å². The predicted molar refractivity (Wildman–Crippen MR) is 94.4 cm³/mol. The SMILES string of the molecule is O=C1N[C@H](CC2(O)CCC2)CN2CC(F)(F)Oc3c(-c4cn[nH]c4)sc1c32. The quantitative estimate of drug-likeness (QED) is 0.741. The molecule has 0 bridgehead atoms. The topological polar surface area (TPSA) is 90.5 Å². The number of aliphatic hydroxyl groups is 1. The summed E-state index contributed by atoms with van der Waals surface area (Å²) in [5.74, 6) is -0.305. The van der Waals surface area contributed by atoms with Crippen LogP contribution < -0.4 is 15.0 Å². The fourth-order valence-corrected chi connectivity index (χ4v) is 5.21. The standard InChI is InChI=1S/C17H18F2N4O3S/c18-17(19)8-23-7-10(4-16(25)2-1-3-16)22-15(24)14-11(23)12(26-17)13(27-14)9-5-20-21-6-9/h5-6,10,25H,1-4,7-8H2,(H,20,21)(H,22,24)/t10-/m1/s1. The second-order valence-electron chi connectivity index (χ2n) is 7.50. The predicted octanol–water partition coefficient (Wildman–Crippen LogP) is 2.35. The lowest BCUT2D eigenvalue weighted by Gasteiger charge is -2.41. The molecule has 1 atom stereocenters. The maximum Gasteiger partial charge on any atom is 0.416 e. The van der Waals surface area contributed by atoms with E-state index in [0.29, 0.717) is 40.3 Å². The van der Waals surface area contributed by atoms with Gasteiger partial charge in [0.05, 0.1) is 16.7 Å². The Kier molecular flexibility index (Phi) is 3.54. The molecule has 0 spiro atoms. The molecule has 5 rings (SSSR count). The third-order valence-corrected chi connectivity index (χ3v) is 6.64. The van der Waals surface area contributed by atoms with Crippen LogP contribution in [-0.4, -0.2) is 52.1 Å². The molecule has 1 saturated carbocycles. The zero-order chi connectivity index (χ0) is 18.8. The van der Waals surface area contributed by atoms with Crippen molar-refractivity contribution in [1.29, 1.82) is 0 Å². The number of carbonyl (C=O) groups is 1. The third-order valence-electron chi connectivity index (χ3n) is 5.44. The first kappa shape index (κ1) is 16.9. The number of aromatic nitrogens is 2. The van der Waals surface area contributed by atoms with Gasteiger partial charge in [-0.25, -0.2) is 0 Å².